The summed E-state index contributed by atoms with van der Waals surface area (Å²) in [6.07, 6.45) is 1.30. The van der Waals surface area contributed by atoms with Gasteiger partial charge in [0.1, 0.15) is 16.3 Å². The van der Waals surface area contributed by atoms with Crippen molar-refractivity contribution in [1.29, 1.82) is 0 Å². The van der Waals surface area contributed by atoms with Crippen LogP contribution in [0.1, 0.15) is 11.5 Å². The lowest BCUT2D eigenvalue weighted by molar-refractivity contribution is -0.385. The van der Waals surface area contributed by atoms with Crippen LogP contribution in [0.4, 0.5) is 11.4 Å². The number of anilines is 1. The Hall–Kier alpha value is -2.50. The number of oxazole rings is 1. The monoisotopic (exact) mass is 382 g/mol. The van der Waals surface area contributed by atoms with E-state index in [1.165, 1.54) is 22.8 Å². The Labute approximate surface area is 150 Å². The number of hydrogen-bond acceptors (Lipinski definition) is 8. The average Bonchev–Trinajstić information content (AvgIpc) is 3.05. The first-order chi connectivity index (χ1) is 12.4. The van der Waals surface area contributed by atoms with Crippen LogP contribution in [0, 0.1) is 17.0 Å². The molecule has 0 aliphatic carbocycles. The van der Waals surface area contributed by atoms with Gasteiger partial charge in [0.15, 0.2) is 6.39 Å². The van der Waals surface area contributed by atoms with E-state index in [1.54, 1.807) is 6.92 Å². The maximum Gasteiger partial charge on any atom is 0.270 e. The van der Waals surface area contributed by atoms with E-state index < -0.39 is 14.9 Å². The molecule has 1 aliphatic heterocycles. The number of ether oxygens (including phenoxy) is 1. The van der Waals surface area contributed by atoms with Crippen LogP contribution in [0.15, 0.2) is 33.9 Å². The van der Waals surface area contributed by atoms with Crippen molar-refractivity contribution >= 4 is 21.4 Å². The van der Waals surface area contributed by atoms with Crippen molar-refractivity contribution in [1.82, 2.24) is 9.29 Å². The quantitative estimate of drug-likeness (QED) is 0.588. The number of morpholine rings is 1. The summed E-state index contributed by atoms with van der Waals surface area (Å²) in [6, 6.07) is 3.72. The van der Waals surface area contributed by atoms with Crippen LogP contribution >= 0.6 is 0 Å². The molecule has 11 heteroatoms. The molecule has 2 heterocycles. The Balaban J connectivity index is 1.95. The molecule has 1 fully saturated rings. The van der Waals surface area contributed by atoms with Gasteiger partial charge < -0.3 is 14.5 Å². The average molecular weight is 382 g/mol. The highest BCUT2D eigenvalue weighted by molar-refractivity contribution is 7.89. The zero-order valence-electron chi connectivity index (χ0n) is 14.0. The molecule has 0 amide bonds. The lowest BCUT2D eigenvalue weighted by Gasteiger charge is -2.27. The maximum atomic E-state index is 13.0. The zero-order chi connectivity index (χ0) is 18.7. The normalized spacial score (nSPS) is 15.7. The van der Waals surface area contributed by atoms with E-state index in [-0.39, 0.29) is 49.1 Å². The van der Waals surface area contributed by atoms with Crippen LogP contribution < -0.4 is 5.32 Å². The van der Waals surface area contributed by atoms with Gasteiger partial charge in [-0.1, -0.05) is 0 Å². The second kappa shape index (κ2) is 7.40. The first-order valence-electron chi connectivity index (χ1n) is 7.89. The number of nitro groups is 1. The van der Waals surface area contributed by atoms with Gasteiger partial charge in [0, 0.05) is 25.2 Å². The SMILES string of the molecule is Cc1ocnc1CNc1ccc([N+](=O)[O-])cc1S(=O)(=O)N1CCOCC1. The first-order valence-corrected chi connectivity index (χ1v) is 9.33. The number of aromatic nitrogens is 1. The van der Waals surface area contributed by atoms with Crippen LogP contribution in [0.2, 0.25) is 0 Å². The summed E-state index contributed by atoms with van der Waals surface area (Å²) in [5.41, 5.74) is 0.600. The van der Waals surface area contributed by atoms with Crippen molar-refractivity contribution in [3.8, 4) is 0 Å². The predicted octanol–water partition coefficient (Wildman–Crippen LogP) is 1.52. The van der Waals surface area contributed by atoms with Crippen LogP contribution in [0.3, 0.4) is 0 Å². The van der Waals surface area contributed by atoms with Gasteiger partial charge in [0.05, 0.1) is 30.4 Å². The molecule has 1 aliphatic rings. The highest BCUT2D eigenvalue weighted by atomic mass is 32.2. The molecule has 1 aromatic carbocycles. The molecule has 2 aromatic rings. The molecule has 0 spiro atoms. The Morgan fingerprint density at radius 3 is 2.69 bits per heavy atom. The third-order valence-electron chi connectivity index (χ3n) is 4.05. The Bertz CT molecular complexity index is 905. The van der Waals surface area contributed by atoms with Gasteiger partial charge in [-0.05, 0) is 13.0 Å². The number of sulfonamides is 1. The van der Waals surface area contributed by atoms with Crippen LogP contribution in [-0.2, 0) is 21.3 Å². The van der Waals surface area contributed by atoms with Gasteiger partial charge in [-0.15, -0.1) is 0 Å². The third kappa shape index (κ3) is 3.69. The molecule has 1 N–H and O–H groups in total. The molecular weight excluding hydrogens is 364 g/mol. The highest BCUT2D eigenvalue weighted by Crippen LogP contribution is 2.30. The van der Waals surface area contributed by atoms with Crippen molar-refractivity contribution in [3.05, 3.63) is 46.2 Å². The van der Waals surface area contributed by atoms with Gasteiger partial charge in [0.25, 0.3) is 5.69 Å². The molecule has 0 unspecified atom stereocenters. The zero-order valence-corrected chi connectivity index (χ0v) is 14.9. The Kier molecular flexibility index (Phi) is 5.20. The number of rotatable bonds is 6. The van der Waals surface area contributed by atoms with E-state index in [1.807, 2.05) is 0 Å². The van der Waals surface area contributed by atoms with Gasteiger partial charge in [-0.25, -0.2) is 13.4 Å². The minimum absolute atomic E-state index is 0.144. The summed E-state index contributed by atoms with van der Waals surface area (Å²) in [7, 11) is -3.91. The number of benzene rings is 1. The van der Waals surface area contributed by atoms with Crippen LogP contribution in [-0.4, -0.2) is 48.9 Å². The molecule has 0 atom stereocenters. The van der Waals surface area contributed by atoms with Crippen molar-refractivity contribution in [2.24, 2.45) is 0 Å². The summed E-state index contributed by atoms with van der Waals surface area (Å²) in [6.45, 7) is 2.95. The van der Waals surface area contributed by atoms with Gasteiger partial charge in [-0.2, -0.15) is 4.31 Å². The second-order valence-electron chi connectivity index (χ2n) is 5.66. The number of aryl methyl sites for hydroxylation is 1. The smallest absolute Gasteiger partial charge is 0.270 e. The van der Waals surface area contributed by atoms with Crippen molar-refractivity contribution < 1.29 is 22.5 Å². The molecule has 26 heavy (non-hydrogen) atoms. The highest BCUT2D eigenvalue weighted by Gasteiger charge is 2.30. The van der Waals surface area contributed by atoms with Crippen LogP contribution in [0.5, 0.6) is 0 Å². The van der Waals surface area contributed by atoms with E-state index in [2.05, 4.69) is 10.3 Å². The minimum Gasteiger partial charge on any atom is -0.448 e. The number of nitrogens with one attached hydrogen (secondary N) is 1. The fraction of sp³-hybridized carbons (Fsp3) is 0.400. The summed E-state index contributed by atoms with van der Waals surface area (Å²) in [5, 5.41) is 14.1. The number of nitro benzene ring substituents is 1. The van der Waals surface area contributed by atoms with Crippen molar-refractivity contribution in [2.45, 2.75) is 18.4 Å². The Morgan fingerprint density at radius 2 is 2.08 bits per heavy atom. The number of hydrogen-bond donors (Lipinski definition) is 1. The van der Waals surface area contributed by atoms with Gasteiger partial charge in [-0.3, -0.25) is 10.1 Å². The number of non-ortho nitro benzene ring substituents is 1. The molecule has 1 aromatic heterocycles. The van der Waals surface area contributed by atoms with E-state index in [9.17, 15) is 18.5 Å². The van der Waals surface area contributed by atoms with Crippen molar-refractivity contribution in [2.75, 3.05) is 31.6 Å². The lowest BCUT2D eigenvalue weighted by atomic mass is 10.2. The summed E-state index contributed by atoms with van der Waals surface area (Å²) < 4.78 is 37.5. The van der Waals surface area contributed by atoms with Crippen LogP contribution in [0.25, 0.3) is 0 Å². The van der Waals surface area contributed by atoms with Crippen molar-refractivity contribution in [3.63, 3.8) is 0 Å². The first kappa shape index (κ1) is 18.3. The number of nitrogens with zero attached hydrogens (tertiary/aromatic N) is 3. The fourth-order valence-electron chi connectivity index (χ4n) is 2.59. The Morgan fingerprint density at radius 1 is 1.35 bits per heavy atom. The third-order valence-corrected chi connectivity index (χ3v) is 5.99. The molecular formula is C15H18N4O6S. The van der Waals surface area contributed by atoms with E-state index in [4.69, 9.17) is 9.15 Å². The molecule has 0 bridgehead atoms. The standard InChI is InChI=1S/C15H18N4O6S/c1-11-14(17-10-25-11)9-16-13-3-2-12(19(20)21)8-15(13)26(22,23)18-4-6-24-7-5-18/h2-3,8,10,16H,4-7,9H2,1H3. The summed E-state index contributed by atoms with van der Waals surface area (Å²) >= 11 is 0. The molecule has 1 saturated heterocycles. The molecule has 0 radical (unpaired) electrons. The second-order valence-corrected chi connectivity index (χ2v) is 7.57. The molecule has 10 nitrogen and oxygen atoms in total. The summed E-state index contributed by atoms with van der Waals surface area (Å²) in [5.74, 6) is 0.608. The predicted molar refractivity (Wildman–Crippen MR) is 91.2 cm³/mol. The van der Waals surface area contributed by atoms with Gasteiger partial charge in [0.2, 0.25) is 10.0 Å². The molecule has 3 rings (SSSR count). The fourth-order valence-corrected chi connectivity index (χ4v) is 4.18. The van der Waals surface area contributed by atoms with E-state index in [0.29, 0.717) is 11.5 Å². The lowest BCUT2D eigenvalue weighted by Crippen LogP contribution is -2.40. The topological polar surface area (TPSA) is 128 Å². The molecule has 140 valence electrons. The molecule has 0 saturated carbocycles. The van der Waals surface area contributed by atoms with E-state index in [0.717, 1.165) is 6.07 Å². The maximum absolute atomic E-state index is 13.0. The minimum atomic E-state index is -3.91. The van der Waals surface area contributed by atoms with E-state index >= 15 is 0 Å². The summed E-state index contributed by atoms with van der Waals surface area (Å²) in [4.78, 5) is 14.4. The van der Waals surface area contributed by atoms with Gasteiger partial charge >= 0.3 is 0 Å². The largest absolute Gasteiger partial charge is 0.448 e.